The van der Waals surface area contributed by atoms with E-state index in [-0.39, 0.29) is 10.7 Å². The molecule has 1 unspecified atom stereocenters. The summed E-state index contributed by atoms with van der Waals surface area (Å²) in [5, 5.41) is 8.44. The first-order valence-electron chi connectivity index (χ1n) is 2.27. The monoisotopic (exact) mass is 201 g/mol. The molecule has 1 aliphatic rings. The number of hydrogen-bond acceptors (Lipinski definition) is 2. The highest BCUT2D eigenvalue weighted by atomic mass is 35.5. The third-order valence-corrected chi connectivity index (χ3v) is 2.43. The van der Waals surface area contributed by atoms with E-state index in [0.29, 0.717) is 0 Å². The molecule has 1 rings (SSSR count). The minimum atomic E-state index is -1.17. The van der Waals surface area contributed by atoms with Gasteiger partial charge in [0.25, 0.3) is 0 Å². The van der Waals surface area contributed by atoms with E-state index in [1.807, 2.05) is 0 Å². The van der Waals surface area contributed by atoms with E-state index >= 15 is 0 Å². The average molecular weight is 202 g/mol. The molecule has 1 heterocycles. The van der Waals surface area contributed by atoms with Gasteiger partial charge in [-0.2, -0.15) is 0 Å². The molecule has 6 heteroatoms. The van der Waals surface area contributed by atoms with Gasteiger partial charge in [0.05, 0.1) is 5.03 Å². The maximum absolute atomic E-state index is 10.2. The Morgan fingerprint density at radius 2 is 2.20 bits per heavy atom. The number of carboxylic acids is 1. The quantitative estimate of drug-likeness (QED) is 0.398. The lowest BCUT2D eigenvalue weighted by molar-refractivity contribution is -0.134. The van der Waals surface area contributed by atoms with Gasteiger partial charge in [-0.3, -0.25) is 4.42 Å². The second-order valence-electron chi connectivity index (χ2n) is 1.65. The van der Waals surface area contributed by atoms with E-state index in [1.165, 1.54) is 0 Å². The van der Waals surface area contributed by atoms with Crippen molar-refractivity contribution in [3.8, 4) is 0 Å². The first-order chi connectivity index (χ1) is 4.55. The zero-order chi connectivity index (χ0) is 7.89. The van der Waals surface area contributed by atoms with E-state index in [1.54, 1.807) is 0 Å². The molecule has 0 fully saturated rings. The average Bonchev–Trinajstić information content (AvgIpc) is 1.87. The van der Waals surface area contributed by atoms with Crippen LogP contribution in [0.5, 0.6) is 0 Å². The van der Waals surface area contributed by atoms with E-state index < -0.39 is 11.5 Å². The highest BCUT2D eigenvalue weighted by molar-refractivity contribution is 6.43. The molecule has 0 spiro atoms. The number of carboxylic acid groups (broad SMARTS) is 1. The maximum Gasteiger partial charge on any atom is 0.354 e. The van der Waals surface area contributed by atoms with Crippen LogP contribution in [-0.2, 0) is 4.79 Å². The molecule has 0 bridgehead atoms. The summed E-state index contributed by atoms with van der Waals surface area (Å²) >= 11 is 16.2. The topological polar surface area (TPSA) is 40.5 Å². The van der Waals surface area contributed by atoms with Crippen molar-refractivity contribution in [1.82, 2.24) is 4.42 Å². The van der Waals surface area contributed by atoms with Crippen molar-refractivity contribution in [1.29, 1.82) is 0 Å². The molecule has 0 aromatic rings. The Hall–Kier alpha value is -0.120. The molecule has 1 aliphatic heterocycles. The summed E-state index contributed by atoms with van der Waals surface area (Å²) in [6.07, 6.45) is 0. The third kappa shape index (κ3) is 0.944. The van der Waals surface area contributed by atoms with Crippen LogP contribution >= 0.6 is 35.0 Å². The number of hydrogen-bond donors (Lipinski definition) is 1. The molecule has 0 saturated carbocycles. The molecule has 1 N–H and O–H groups in total. The predicted molar refractivity (Wildman–Crippen MR) is 37.8 cm³/mol. The third-order valence-electron chi connectivity index (χ3n) is 1.05. The fourth-order valence-electron chi connectivity index (χ4n) is 0.555. The van der Waals surface area contributed by atoms with Gasteiger partial charge in [0, 0.05) is 11.8 Å². The van der Waals surface area contributed by atoms with Gasteiger partial charge >= 0.3 is 5.97 Å². The Bertz CT molecular complexity index is 215. The number of nitrogens with zero attached hydrogens (tertiary/aromatic N) is 1. The van der Waals surface area contributed by atoms with Gasteiger partial charge in [-0.05, 0) is 0 Å². The molecule has 0 aromatic heterocycles. The molecule has 56 valence electrons. The van der Waals surface area contributed by atoms with Gasteiger partial charge in [0.1, 0.15) is 0 Å². The maximum atomic E-state index is 10.2. The van der Waals surface area contributed by atoms with E-state index in [4.69, 9.17) is 40.1 Å². The number of carbonyl (C=O) groups is 1. The van der Waals surface area contributed by atoms with E-state index in [2.05, 4.69) is 0 Å². The summed E-state index contributed by atoms with van der Waals surface area (Å²) in [5.74, 6) is -1.17. The SMILES string of the molecule is O=C(O)C1=C(Cl)C(Cl)N1Cl. The lowest BCUT2D eigenvalue weighted by Crippen LogP contribution is -2.37. The Morgan fingerprint density at radius 1 is 1.70 bits per heavy atom. The standard InChI is InChI=1S/C4H2Cl3NO2/c5-1-2(4(9)10)8(7)3(1)6/h3H,(H,9,10). The van der Waals surface area contributed by atoms with Crippen molar-refractivity contribution in [3.63, 3.8) is 0 Å². The van der Waals surface area contributed by atoms with Crippen LogP contribution in [-0.4, -0.2) is 21.0 Å². The van der Waals surface area contributed by atoms with Crippen molar-refractivity contribution >= 4 is 40.9 Å². The smallest absolute Gasteiger partial charge is 0.354 e. The van der Waals surface area contributed by atoms with Gasteiger partial charge in [0.2, 0.25) is 0 Å². The zero-order valence-corrected chi connectivity index (χ0v) is 6.78. The van der Waals surface area contributed by atoms with Gasteiger partial charge in [0.15, 0.2) is 11.2 Å². The highest BCUT2D eigenvalue weighted by Crippen LogP contribution is 2.37. The summed E-state index contributed by atoms with van der Waals surface area (Å²) < 4.78 is 0.867. The zero-order valence-electron chi connectivity index (χ0n) is 4.51. The van der Waals surface area contributed by atoms with Crippen LogP contribution < -0.4 is 0 Å². The molecule has 0 aliphatic carbocycles. The van der Waals surface area contributed by atoms with Crippen LogP contribution in [0.25, 0.3) is 0 Å². The van der Waals surface area contributed by atoms with Crippen molar-refractivity contribution in [2.45, 2.75) is 5.50 Å². The van der Waals surface area contributed by atoms with Crippen LogP contribution in [0.3, 0.4) is 0 Å². The lowest BCUT2D eigenvalue weighted by atomic mass is 10.3. The fraction of sp³-hybridized carbons (Fsp3) is 0.250. The number of halogens is 3. The Morgan fingerprint density at radius 3 is 2.40 bits per heavy atom. The normalized spacial score (nSPS) is 24.7. The first-order valence-corrected chi connectivity index (χ1v) is 3.43. The minimum Gasteiger partial charge on any atom is -0.477 e. The first kappa shape index (κ1) is 7.98. The second-order valence-corrected chi connectivity index (χ2v) is 2.83. The highest BCUT2D eigenvalue weighted by Gasteiger charge is 2.38. The molecule has 0 amide bonds. The molecule has 10 heavy (non-hydrogen) atoms. The summed E-state index contributed by atoms with van der Waals surface area (Å²) in [5.41, 5.74) is -0.849. The Kier molecular flexibility index (Phi) is 1.99. The predicted octanol–water partition coefficient (Wildman–Crippen LogP) is 1.56. The van der Waals surface area contributed by atoms with Crippen LogP contribution in [0.2, 0.25) is 0 Å². The molecular weight excluding hydrogens is 200 g/mol. The summed E-state index contributed by atoms with van der Waals surface area (Å²) in [7, 11) is 0. The molecule has 3 nitrogen and oxygen atoms in total. The number of alkyl halides is 1. The molecule has 0 saturated heterocycles. The molecule has 0 aromatic carbocycles. The van der Waals surface area contributed by atoms with Crippen LogP contribution in [0.15, 0.2) is 10.7 Å². The van der Waals surface area contributed by atoms with Gasteiger partial charge in [-0.15, -0.1) is 0 Å². The van der Waals surface area contributed by atoms with Crippen molar-refractivity contribution in [2.24, 2.45) is 0 Å². The van der Waals surface area contributed by atoms with E-state index in [0.717, 1.165) is 4.42 Å². The number of aliphatic carboxylic acids is 1. The van der Waals surface area contributed by atoms with Gasteiger partial charge < -0.3 is 5.11 Å². The fourth-order valence-corrected chi connectivity index (χ4v) is 1.38. The Labute approximate surface area is 71.9 Å². The van der Waals surface area contributed by atoms with Crippen molar-refractivity contribution in [3.05, 3.63) is 10.7 Å². The summed E-state index contributed by atoms with van der Waals surface area (Å²) in [6.45, 7) is 0. The lowest BCUT2D eigenvalue weighted by Gasteiger charge is -2.31. The minimum absolute atomic E-state index is 0.0733. The second kappa shape index (κ2) is 2.49. The van der Waals surface area contributed by atoms with E-state index in [9.17, 15) is 4.79 Å². The summed E-state index contributed by atoms with van der Waals surface area (Å²) in [4.78, 5) is 10.2. The van der Waals surface area contributed by atoms with Crippen LogP contribution in [0.1, 0.15) is 0 Å². The van der Waals surface area contributed by atoms with Gasteiger partial charge in [-0.25, -0.2) is 4.79 Å². The largest absolute Gasteiger partial charge is 0.477 e. The van der Waals surface area contributed by atoms with Crippen LogP contribution in [0, 0.1) is 0 Å². The van der Waals surface area contributed by atoms with Gasteiger partial charge in [-0.1, -0.05) is 23.2 Å². The molecule has 0 radical (unpaired) electrons. The summed E-state index contributed by atoms with van der Waals surface area (Å²) in [6, 6.07) is 0. The number of rotatable bonds is 1. The van der Waals surface area contributed by atoms with Crippen LogP contribution in [0.4, 0.5) is 0 Å². The molecule has 1 atom stereocenters. The Balaban J connectivity index is 2.88. The van der Waals surface area contributed by atoms with Crippen molar-refractivity contribution in [2.75, 3.05) is 0 Å². The molecular formula is C4H2Cl3NO2. The van der Waals surface area contributed by atoms with Crippen molar-refractivity contribution < 1.29 is 9.90 Å².